The van der Waals surface area contributed by atoms with E-state index in [-0.39, 0.29) is 5.41 Å². The Kier molecular flexibility index (Phi) is 5.96. The molecule has 0 aromatic heterocycles. The molecule has 0 saturated carbocycles. The molecule has 1 aliphatic heterocycles. The lowest BCUT2D eigenvalue weighted by Crippen LogP contribution is -2.41. The van der Waals surface area contributed by atoms with E-state index in [0.29, 0.717) is 16.5 Å². The van der Waals surface area contributed by atoms with Gasteiger partial charge in [-0.15, -0.1) is 0 Å². The Morgan fingerprint density at radius 1 is 1.17 bits per heavy atom. The molecule has 2 N–H and O–H groups in total. The van der Waals surface area contributed by atoms with Crippen molar-refractivity contribution in [1.82, 2.24) is 5.32 Å². The van der Waals surface area contributed by atoms with Crippen LogP contribution in [-0.2, 0) is 10.2 Å². The fraction of sp³-hybridized carbons (Fsp3) is 0.391. The zero-order valence-corrected chi connectivity index (χ0v) is 18.1. The van der Waals surface area contributed by atoms with E-state index in [1.54, 1.807) is 24.3 Å². The number of rotatable bonds is 4. The number of benzene rings is 2. The van der Waals surface area contributed by atoms with Crippen molar-refractivity contribution >= 4 is 29.2 Å². The van der Waals surface area contributed by atoms with Crippen LogP contribution in [0.2, 0.25) is 10.0 Å². The Morgan fingerprint density at radius 3 is 2.34 bits per heavy atom. The second kappa shape index (κ2) is 7.99. The molecule has 0 aliphatic carbocycles. The van der Waals surface area contributed by atoms with E-state index in [0.717, 1.165) is 11.1 Å². The fourth-order valence-corrected chi connectivity index (χ4v) is 4.77. The van der Waals surface area contributed by atoms with E-state index in [4.69, 9.17) is 23.2 Å². The van der Waals surface area contributed by atoms with Gasteiger partial charge in [0.2, 0.25) is 0 Å². The summed E-state index contributed by atoms with van der Waals surface area (Å²) in [5.41, 5.74) is 0.278. The molecule has 0 spiro atoms. The van der Waals surface area contributed by atoms with Crippen molar-refractivity contribution in [2.24, 2.45) is 11.3 Å². The van der Waals surface area contributed by atoms with E-state index in [2.05, 4.69) is 32.2 Å². The summed E-state index contributed by atoms with van der Waals surface area (Å²) in [4.78, 5) is 12.2. The number of carboxylic acid groups (broad SMARTS) is 1. The van der Waals surface area contributed by atoms with E-state index < -0.39 is 29.4 Å². The number of nitrogens with zero attached hydrogens (tertiary/aromatic N) is 1. The van der Waals surface area contributed by atoms with Crippen molar-refractivity contribution in [2.45, 2.75) is 44.7 Å². The summed E-state index contributed by atoms with van der Waals surface area (Å²) in [5.74, 6) is -1.41. The van der Waals surface area contributed by atoms with Crippen LogP contribution < -0.4 is 5.32 Å². The van der Waals surface area contributed by atoms with E-state index in [1.165, 1.54) is 0 Å². The van der Waals surface area contributed by atoms with Gasteiger partial charge < -0.3 is 5.11 Å². The van der Waals surface area contributed by atoms with E-state index >= 15 is 0 Å². The number of nitrogens with one attached hydrogen (secondary N) is 1. The number of halogens is 2. The predicted molar refractivity (Wildman–Crippen MR) is 115 cm³/mol. The molecule has 152 valence electrons. The topological polar surface area (TPSA) is 73.1 Å². The van der Waals surface area contributed by atoms with Crippen LogP contribution in [0.15, 0.2) is 48.5 Å². The van der Waals surface area contributed by atoms with Gasteiger partial charge in [0.25, 0.3) is 0 Å². The maximum absolute atomic E-state index is 12.2. The molecular formula is C23H24Cl2N2O2. The molecule has 1 fully saturated rings. The van der Waals surface area contributed by atoms with Gasteiger partial charge in [-0.1, -0.05) is 68.2 Å². The van der Waals surface area contributed by atoms with E-state index in [9.17, 15) is 15.2 Å². The summed E-state index contributed by atoms with van der Waals surface area (Å²) in [5, 5.41) is 24.9. The molecule has 1 aliphatic rings. The maximum Gasteiger partial charge on any atom is 0.321 e. The van der Waals surface area contributed by atoms with Gasteiger partial charge in [0.15, 0.2) is 0 Å². The quantitative estimate of drug-likeness (QED) is 0.661. The van der Waals surface area contributed by atoms with Gasteiger partial charge in [-0.2, -0.15) is 5.26 Å². The lowest BCUT2D eigenvalue weighted by molar-refractivity contribution is -0.140. The monoisotopic (exact) mass is 430 g/mol. The third-order valence-corrected chi connectivity index (χ3v) is 6.06. The van der Waals surface area contributed by atoms with Crippen molar-refractivity contribution < 1.29 is 9.90 Å². The zero-order valence-electron chi connectivity index (χ0n) is 16.6. The lowest BCUT2D eigenvalue weighted by Gasteiger charge is -2.37. The molecule has 2 aromatic rings. The van der Waals surface area contributed by atoms with Gasteiger partial charge in [0.05, 0.1) is 12.1 Å². The predicted octanol–water partition coefficient (Wildman–Crippen LogP) is 5.60. The molecule has 2 aromatic carbocycles. The highest BCUT2D eigenvalue weighted by Crippen LogP contribution is 2.53. The van der Waals surface area contributed by atoms with Gasteiger partial charge in [-0.25, -0.2) is 0 Å². The zero-order chi connectivity index (χ0) is 21.4. The van der Waals surface area contributed by atoms with Crippen LogP contribution in [0, 0.1) is 22.7 Å². The average Bonchev–Trinajstić information content (AvgIpc) is 2.96. The Hall–Kier alpha value is -2.06. The highest BCUT2D eigenvalue weighted by molar-refractivity contribution is 6.30. The number of carboxylic acids is 1. The summed E-state index contributed by atoms with van der Waals surface area (Å²) < 4.78 is 0. The highest BCUT2D eigenvalue weighted by Gasteiger charge is 2.59. The average molecular weight is 431 g/mol. The number of hydrogen-bond acceptors (Lipinski definition) is 3. The maximum atomic E-state index is 12.2. The van der Waals surface area contributed by atoms with Gasteiger partial charge in [-0.3, -0.25) is 10.1 Å². The van der Waals surface area contributed by atoms with Crippen molar-refractivity contribution in [3.05, 3.63) is 69.7 Å². The fourth-order valence-electron chi connectivity index (χ4n) is 4.45. The standard InChI is InChI=1S/C23H24Cl2N2O2/c1-22(2,3)12-18-19(21(28)29)27-20(14-5-4-6-17(25)11-14)23(18,13-26)15-7-9-16(24)10-8-15/h4-11,18-20,27H,12H2,1-3H3,(H,28,29)/t18-,19+,20-,23+/m0/s1. The molecule has 0 unspecified atom stereocenters. The second-order valence-electron chi connectivity index (χ2n) is 8.83. The van der Waals surface area contributed by atoms with Crippen LogP contribution >= 0.6 is 23.2 Å². The van der Waals surface area contributed by atoms with Gasteiger partial charge >= 0.3 is 5.97 Å². The Morgan fingerprint density at radius 2 is 1.83 bits per heavy atom. The van der Waals surface area contributed by atoms with Crippen molar-refractivity contribution in [3.63, 3.8) is 0 Å². The smallest absolute Gasteiger partial charge is 0.321 e. The Bertz CT molecular complexity index is 947. The summed E-state index contributed by atoms with van der Waals surface area (Å²) in [6.45, 7) is 6.17. The Balaban J connectivity index is 2.27. The number of aliphatic carboxylic acids is 1. The summed E-state index contributed by atoms with van der Waals surface area (Å²) in [6.07, 6.45) is 0.560. The molecule has 4 atom stereocenters. The minimum atomic E-state index is -1.09. The highest BCUT2D eigenvalue weighted by atomic mass is 35.5. The SMILES string of the molecule is CC(C)(C)C[C@H]1[C@H](C(=O)O)N[C@@H](c2cccc(Cl)c2)[C@]1(C#N)c1ccc(Cl)cc1. The normalized spacial score (nSPS) is 26.8. The minimum absolute atomic E-state index is 0.169. The summed E-state index contributed by atoms with van der Waals surface area (Å²) >= 11 is 12.3. The van der Waals surface area contributed by atoms with Gasteiger partial charge in [0, 0.05) is 16.0 Å². The molecule has 29 heavy (non-hydrogen) atoms. The summed E-state index contributed by atoms with van der Waals surface area (Å²) in [7, 11) is 0. The van der Waals surface area contributed by atoms with Crippen molar-refractivity contribution in [1.29, 1.82) is 5.26 Å². The molecule has 0 amide bonds. The number of nitriles is 1. The molecule has 1 saturated heterocycles. The van der Waals surface area contributed by atoms with Crippen LogP contribution in [-0.4, -0.2) is 17.1 Å². The first kappa shape index (κ1) is 21.6. The lowest BCUT2D eigenvalue weighted by atomic mass is 9.62. The molecule has 6 heteroatoms. The first-order valence-corrected chi connectivity index (χ1v) is 10.3. The van der Waals surface area contributed by atoms with Crippen LogP contribution in [0.5, 0.6) is 0 Å². The van der Waals surface area contributed by atoms with Crippen molar-refractivity contribution in [3.8, 4) is 6.07 Å². The molecule has 0 bridgehead atoms. The van der Waals surface area contributed by atoms with Crippen molar-refractivity contribution in [2.75, 3.05) is 0 Å². The third kappa shape index (κ3) is 4.14. The second-order valence-corrected chi connectivity index (χ2v) is 9.70. The van der Waals surface area contributed by atoms with Crippen LogP contribution in [0.25, 0.3) is 0 Å². The molecular weight excluding hydrogens is 407 g/mol. The molecule has 0 radical (unpaired) electrons. The molecule has 4 nitrogen and oxygen atoms in total. The van der Waals surface area contributed by atoms with E-state index in [1.807, 2.05) is 24.3 Å². The summed E-state index contributed by atoms with van der Waals surface area (Å²) in [6, 6.07) is 15.5. The number of hydrogen-bond donors (Lipinski definition) is 2. The first-order valence-electron chi connectivity index (χ1n) is 9.50. The van der Waals surface area contributed by atoms with Crippen LogP contribution in [0.3, 0.4) is 0 Å². The Labute approximate surface area is 181 Å². The first-order chi connectivity index (χ1) is 13.6. The molecule has 1 heterocycles. The van der Waals surface area contributed by atoms with Crippen LogP contribution in [0.4, 0.5) is 0 Å². The van der Waals surface area contributed by atoms with Gasteiger partial charge in [0.1, 0.15) is 11.5 Å². The number of carbonyl (C=O) groups is 1. The van der Waals surface area contributed by atoms with Crippen LogP contribution in [0.1, 0.15) is 44.4 Å². The molecule has 3 rings (SSSR count). The largest absolute Gasteiger partial charge is 0.480 e. The van der Waals surface area contributed by atoms with Gasteiger partial charge in [-0.05, 0) is 47.2 Å². The third-order valence-electron chi connectivity index (χ3n) is 5.58. The minimum Gasteiger partial charge on any atom is -0.480 e.